The molecule has 0 aliphatic heterocycles. The van der Waals surface area contributed by atoms with E-state index in [4.69, 9.17) is 14.2 Å². The Morgan fingerprint density at radius 1 is 1.35 bits per heavy atom. The van der Waals surface area contributed by atoms with E-state index in [1.54, 1.807) is 0 Å². The van der Waals surface area contributed by atoms with Gasteiger partial charge >= 0.3 is 0 Å². The number of hydrogen-bond acceptors (Lipinski definition) is 6. The van der Waals surface area contributed by atoms with E-state index >= 15 is 0 Å². The van der Waals surface area contributed by atoms with Gasteiger partial charge in [-0.2, -0.15) is 0 Å². The molecule has 0 aliphatic carbocycles. The van der Waals surface area contributed by atoms with E-state index in [9.17, 15) is 14.9 Å². The summed E-state index contributed by atoms with van der Waals surface area (Å²) in [5, 5.41) is 13.2. The Balaban J connectivity index is 2.67. The molecule has 8 heteroatoms. The Morgan fingerprint density at radius 2 is 2.10 bits per heavy atom. The number of amides is 1. The molecule has 1 N–H and O–H groups in total. The smallest absolute Gasteiger partial charge is 0.271 e. The second-order valence-electron chi connectivity index (χ2n) is 3.74. The number of anilines is 1. The monoisotopic (exact) mass is 284 g/mol. The maximum atomic E-state index is 11.6. The van der Waals surface area contributed by atoms with Crippen LogP contribution in [-0.4, -0.2) is 44.9 Å². The molecule has 0 radical (unpaired) electrons. The van der Waals surface area contributed by atoms with E-state index in [1.807, 2.05) is 0 Å². The molecule has 0 saturated carbocycles. The number of nitro benzene ring substituents is 1. The predicted molar refractivity (Wildman–Crippen MR) is 71.0 cm³/mol. The van der Waals surface area contributed by atoms with Gasteiger partial charge < -0.3 is 19.5 Å². The van der Waals surface area contributed by atoms with Gasteiger partial charge in [-0.1, -0.05) is 0 Å². The van der Waals surface area contributed by atoms with Crippen molar-refractivity contribution in [3.05, 3.63) is 28.3 Å². The third kappa shape index (κ3) is 4.82. The topological polar surface area (TPSA) is 99.9 Å². The zero-order valence-electron chi connectivity index (χ0n) is 11.3. The van der Waals surface area contributed by atoms with Crippen LogP contribution < -0.4 is 10.1 Å². The Bertz CT molecular complexity index is 477. The van der Waals surface area contributed by atoms with Crippen molar-refractivity contribution in [2.24, 2.45) is 0 Å². The maximum absolute atomic E-state index is 11.6. The van der Waals surface area contributed by atoms with Gasteiger partial charge in [-0.15, -0.1) is 0 Å². The lowest BCUT2D eigenvalue weighted by atomic mass is 10.2. The summed E-state index contributed by atoms with van der Waals surface area (Å²) in [6.07, 6.45) is 0. The summed E-state index contributed by atoms with van der Waals surface area (Å²) in [4.78, 5) is 21.8. The van der Waals surface area contributed by atoms with E-state index in [2.05, 4.69) is 5.32 Å². The summed E-state index contributed by atoms with van der Waals surface area (Å²) in [6.45, 7) is 0.499. The van der Waals surface area contributed by atoms with Crippen molar-refractivity contribution in [2.75, 3.05) is 39.4 Å². The molecule has 0 heterocycles. The largest absolute Gasteiger partial charge is 0.495 e. The lowest BCUT2D eigenvalue weighted by Crippen LogP contribution is -2.20. The standard InChI is InChI=1S/C12H16N2O6/c1-18-5-6-20-8-12(15)13-10-7-9(14(16)17)3-4-11(10)19-2/h3-4,7H,5-6,8H2,1-2H3,(H,13,15). The Kier molecular flexibility index (Phi) is 6.41. The molecule has 1 rings (SSSR count). The predicted octanol–water partition coefficient (Wildman–Crippen LogP) is 1.20. The van der Waals surface area contributed by atoms with Crippen LogP contribution in [0.4, 0.5) is 11.4 Å². The van der Waals surface area contributed by atoms with Gasteiger partial charge in [0.15, 0.2) is 0 Å². The number of carbonyl (C=O) groups is 1. The minimum Gasteiger partial charge on any atom is -0.495 e. The van der Waals surface area contributed by atoms with Crippen molar-refractivity contribution < 1.29 is 23.9 Å². The molecule has 0 aromatic heterocycles. The minimum atomic E-state index is -0.551. The van der Waals surface area contributed by atoms with Crippen LogP contribution in [0.1, 0.15) is 0 Å². The molecule has 20 heavy (non-hydrogen) atoms. The number of rotatable bonds is 8. The van der Waals surface area contributed by atoms with Crippen molar-refractivity contribution in [1.82, 2.24) is 0 Å². The maximum Gasteiger partial charge on any atom is 0.271 e. The molecular formula is C12H16N2O6. The highest BCUT2D eigenvalue weighted by atomic mass is 16.6. The first kappa shape index (κ1) is 15.9. The summed E-state index contributed by atoms with van der Waals surface area (Å²) in [5.41, 5.74) is 0.0865. The average molecular weight is 284 g/mol. The molecule has 0 saturated heterocycles. The summed E-state index contributed by atoms with van der Waals surface area (Å²) < 4.78 is 14.8. The van der Waals surface area contributed by atoms with E-state index in [1.165, 1.54) is 32.4 Å². The number of nitro groups is 1. The van der Waals surface area contributed by atoms with Gasteiger partial charge in [0.1, 0.15) is 12.4 Å². The molecule has 110 valence electrons. The molecule has 1 aromatic carbocycles. The number of non-ortho nitro benzene ring substituents is 1. The van der Waals surface area contributed by atoms with Gasteiger partial charge in [0.25, 0.3) is 5.69 Å². The number of benzene rings is 1. The highest BCUT2D eigenvalue weighted by Crippen LogP contribution is 2.28. The van der Waals surface area contributed by atoms with Gasteiger partial charge in [0.2, 0.25) is 5.91 Å². The summed E-state index contributed by atoms with van der Waals surface area (Å²) >= 11 is 0. The quantitative estimate of drug-likeness (QED) is 0.437. The van der Waals surface area contributed by atoms with Gasteiger partial charge in [0.05, 0.1) is 30.9 Å². The van der Waals surface area contributed by atoms with Crippen LogP contribution >= 0.6 is 0 Å². The van der Waals surface area contributed by atoms with Crippen LogP contribution in [0.5, 0.6) is 5.75 Å². The summed E-state index contributed by atoms with van der Waals surface area (Å²) in [5.74, 6) is -0.0965. The van der Waals surface area contributed by atoms with E-state index in [-0.39, 0.29) is 24.6 Å². The fourth-order valence-corrected chi connectivity index (χ4v) is 1.40. The first-order valence-electron chi connectivity index (χ1n) is 5.77. The molecule has 1 amide bonds. The van der Waals surface area contributed by atoms with Crippen molar-refractivity contribution in [2.45, 2.75) is 0 Å². The van der Waals surface area contributed by atoms with Crippen molar-refractivity contribution in [3.8, 4) is 5.75 Å². The van der Waals surface area contributed by atoms with Crippen LogP contribution in [0.25, 0.3) is 0 Å². The molecule has 0 bridgehead atoms. The Labute approximate surface area is 115 Å². The van der Waals surface area contributed by atoms with Gasteiger partial charge in [0, 0.05) is 19.2 Å². The van der Waals surface area contributed by atoms with Gasteiger partial charge in [-0.05, 0) is 6.07 Å². The lowest BCUT2D eigenvalue weighted by molar-refractivity contribution is -0.384. The lowest BCUT2D eigenvalue weighted by Gasteiger charge is -2.10. The normalized spacial score (nSPS) is 10.1. The molecular weight excluding hydrogens is 268 g/mol. The third-order valence-corrected chi connectivity index (χ3v) is 2.33. The number of nitrogens with one attached hydrogen (secondary N) is 1. The van der Waals surface area contributed by atoms with Crippen molar-refractivity contribution >= 4 is 17.3 Å². The zero-order valence-corrected chi connectivity index (χ0v) is 11.3. The summed E-state index contributed by atoms with van der Waals surface area (Å²) in [7, 11) is 2.93. The second kappa shape index (κ2) is 8.08. The van der Waals surface area contributed by atoms with E-state index in [0.717, 1.165) is 0 Å². The number of carbonyl (C=O) groups excluding carboxylic acids is 1. The first-order valence-corrected chi connectivity index (χ1v) is 5.77. The molecule has 1 aromatic rings. The molecule has 0 fully saturated rings. The van der Waals surface area contributed by atoms with Crippen molar-refractivity contribution in [3.63, 3.8) is 0 Å². The molecule has 0 aliphatic rings. The third-order valence-electron chi connectivity index (χ3n) is 2.33. The number of methoxy groups -OCH3 is 2. The molecule has 0 unspecified atom stereocenters. The Morgan fingerprint density at radius 3 is 2.70 bits per heavy atom. The molecule has 0 atom stereocenters. The van der Waals surface area contributed by atoms with Crippen LogP contribution in [0.15, 0.2) is 18.2 Å². The molecule has 0 spiro atoms. The molecule has 8 nitrogen and oxygen atoms in total. The van der Waals surface area contributed by atoms with Gasteiger partial charge in [-0.25, -0.2) is 0 Å². The average Bonchev–Trinajstić information content (AvgIpc) is 2.43. The number of nitrogens with zero attached hydrogens (tertiary/aromatic N) is 1. The van der Waals surface area contributed by atoms with Crippen molar-refractivity contribution in [1.29, 1.82) is 0 Å². The number of hydrogen-bond donors (Lipinski definition) is 1. The number of ether oxygens (including phenoxy) is 3. The summed E-state index contributed by atoms with van der Waals surface area (Å²) in [6, 6.07) is 3.94. The fraction of sp³-hybridized carbons (Fsp3) is 0.417. The first-order chi connectivity index (χ1) is 9.58. The fourth-order valence-electron chi connectivity index (χ4n) is 1.40. The highest BCUT2D eigenvalue weighted by molar-refractivity contribution is 5.93. The van der Waals surface area contributed by atoms with Crippen LogP contribution in [0.2, 0.25) is 0 Å². The second-order valence-corrected chi connectivity index (χ2v) is 3.74. The van der Waals surface area contributed by atoms with Crippen LogP contribution in [-0.2, 0) is 14.3 Å². The van der Waals surface area contributed by atoms with Gasteiger partial charge in [-0.3, -0.25) is 14.9 Å². The van der Waals surface area contributed by atoms with E-state index < -0.39 is 10.8 Å². The minimum absolute atomic E-state index is 0.138. The highest BCUT2D eigenvalue weighted by Gasteiger charge is 2.13. The van der Waals surface area contributed by atoms with Crippen LogP contribution in [0.3, 0.4) is 0 Å². The van der Waals surface area contributed by atoms with E-state index in [0.29, 0.717) is 12.4 Å². The zero-order chi connectivity index (χ0) is 15.0. The van der Waals surface area contributed by atoms with Crippen LogP contribution in [0, 0.1) is 10.1 Å². The SMILES string of the molecule is COCCOCC(=O)Nc1cc([N+](=O)[O-])ccc1OC. The Hall–Kier alpha value is -2.19.